The van der Waals surface area contributed by atoms with Gasteiger partial charge in [-0.1, -0.05) is 18.5 Å². The molecule has 0 aliphatic rings. The first kappa shape index (κ1) is 16.2. The number of anilines is 1. The van der Waals surface area contributed by atoms with Gasteiger partial charge in [-0.2, -0.15) is 0 Å². The Kier molecular flexibility index (Phi) is 5.61. The number of nitrogens with two attached hydrogens (primary N) is 1. The second kappa shape index (κ2) is 6.56. The number of hydrogen-bond acceptors (Lipinski definition) is 4. The molecule has 0 saturated heterocycles. The lowest BCUT2D eigenvalue weighted by Gasteiger charge is -2.13. The van der Waals surface area contributed by atoms with Gasteiger partial charge in [0.05, 0.1) is 5.02 Å². The van der Waals surface area contributed by atoms with Crippen LogP contribution in [-0.4, -0.2) is 26.7 Å². The number of nitrogen functional groups attached to an aromatic ring is 1. The summed E-state index contributed by atoms with van der Waals surface area (Å²) in [5.74, 6) is 0.0429. The van der Waals surface area contributed by atoms with Crippen molar-refractivity contribution in [2.45, 2.75) is 25.2 Å². The molecule has 1 unspecified atom stereocenters. The predicted molar refractivity (Wildman–Crippen MR) is 76.7 cm³/mol. The topological polar surface area (TPSA) is 92.4 Å². The van der Waals surface area contributed by atoms with Gasteiger partial charge in [0.25, 0.3) is 0 Å². The van der Waals surface area contributed by atoms with E-state index in [4.69, 9.17) is 22.4 Å². The average Bonchev–Trinajstić information content (AvgIpc) is 2.31. The van der Waals surface area contributed by atoms with Crippen LogP contribution >= 0.6 is 11.6 Å². The molecule has 0 fully saturated rings. The molecule has 0 aliphatic heterocycles. The Hall–Kier alpha value is -0.820. The normalized spacial score (nSPS) is 13.5. The Morgan fingerprint density at radius 2 is 2.11 bits per heavy atom. The molecule has 0 aromatic heterocycles. The average molecular weight is 307 g/mol. The molecule has 0 radical (unpaired) electrons. The molecular weight excluding hydrogens is 288 g/mol. The van der Waals surface area contributed by atoms with Gasteiger partial charge in [0.2, 0.25) is 10.0 Å². The van der Waals surface area contributed by atoms with Crippen molar-refractivity contribution >= 4 is 27.3 Å². The molecule has 1 atom stereocenters. The number of sulfonamides is 1. The molecule has 19 heavy (non-hydrogen) atoms. The fraction of sp³-hybridized carbons (Fsp3) is 0.500. The largest absolute Gasteiger partial charge is 0.398 e. The molecular formula is C12H19ClN2O3S. The van der Waals surface area contributed by atoms with Crippen molar-refractivity contribution < 1.29 is 13.5 Å². The number of aryl methyl sites for hydroxylation is 1. The predicted octanol–water partition coefficient (Wildman–Crippen LogP) is 1.53. The number of benzene rings is 1. The molecule has 4 N–H and O–H groups in total. The SMILES string of the molecule is Cc1cc(Cl)c(S(=O)(=O)NCC(C)CCO)cc1N. The van der Waals surface area contributed by atoms with E-state index < -0.39 is 10.0 Å². The van der Waals surface area contributed by atoms with Crippen LogP contribution in [0.3, 0.4) is 0 Å². The monoisotopic (exact) mass is 306 g/mol. The highest BCUT2D eigenvalue weighted by Crippen LogP contribution is 2.26. The van der Waals surface area contributed by atoms with Crippen molar-refractivity contribution in [3.05, 3.63) is 22.7 Å². The van der Waals surface area contributed by atoms with E-state index >= 15 is 0 Å². The Bertz CT molecular complexity index is 546. The number of aliphatic hydroxyl groups is 1. The Morgan fingerprint density at radius 1 is 1.47 bits per heavy atom. The van der Waals surface area contributed by atoms with Gasteiger partial charge >= 0.3 is 0 Å². The van der Waals surface area contributed by atoms with Crippen molar-refractivity contribution in [2.75, 3.05) is 18.9 Å². The van der Waals surface area contributed by atoms with E-state index in [1.165, 1.54) is 12.1 Å². The standard InChI is InChI=1S/C12H19ClN2O3S/c1-8(3-4-16)7-15-19(17,18)12-6-11(14)9(2)5-10(12)13/h5-6,8,15-16H,3-4,7,14H2,1-2H3. The van der Waals surface area contributed by atoms with E-state index in [0.717, 1.165) is 5.56 Å². The van der Waals surface area contributed by atoms with Crippen LogP contribution < -0.4 is 10.5 Å². The summed E-state index contributed by atoms with van der Waals surface area (Å²) in [6.07, 6.45) is 0.534. The summed E-state index contributed by atoms with van der Waals surface area (Å²) in [6.45, 7) is 3.88. The van der Waals surface area contributed by atoms with Gasteiger partial charge in [-0.05, 0) is 37.0 Å². The molecule has 0 amide bonds. The third-order valence-corrected chi connectivity index (χ3v) is 4.74. The van der Waals surface area contributed by atoms with Crippen LogP contribution in [-0.2, 0) is 10.0 Å². The summed E-state index contributed by atoms with van der Waals surface area (Å²) in [4.78, 5) is -0.0199. The molecule has 0 heterocycles. The van der Waals surface area contributed by atoms with Crippen LogP contribution in [0.15, 0.2) is 17.0 Å². The van der Waals surface area contributed by atoms with E-state index in [1.54, 1.807) is 6.92 Å². The zero-order valence-corrected chi connectivity index (χ0v) is 12.6. The highest BCUT2D eigenvalue weighted by molar-refractivity contribution is 7.89. The van der Waals surface area contributed by atoms with Crippen molar-refractivity contribution in [2.24, 2.45) is 5.92 Å². The van der Waals surface area contributed by atoms with Crippen molar-refractivity contribution in [1.82, 2.24) is 4.72 Å². The van der Waals surface area contributed by atoms with Crippen LogP contribution in [0.1, 0.15) is 18.9 Å². The van der Waals surface area contributed by atoms with Crippen molar-refractivity contribution in [3.63, 3.8) is 0 Å². The number of halogens is 1. The first-order chi connectivity index (χ1) is 8.77. The second-order valence-electron chi connectivity index (χ2n) is 4.61. The summed E-state index contributed by atoms with van der Waals surface area (Å²) in [5.41, 5.74) is 6.82. The number of rotatable bonds is 6. The summed E-state index contributed by atoms with van der Waals surface area (Å²) < 4.78 is 26.7. The first-order valence-corrected chi connectivity index (χ1v) is 7.80. The first-order valence-electron chi connectivity index (χ1n) is 5.94. The lowest BCUT2D eigenvalue weighted by atomic mass is 10.1. The molecule has 0 saturated carbocycles. The van der Waals surface area contributed by atoms with Gasteiger partial charge < -0.3 is 10.8 Å². The van der Waals surface area contributed by atoms with E-state index in [2.05, 4.69) is 4.72 Å². The van der Waals surface area contributed by atoms with Crippen LogP contribution in [0.2, 0.25) is 5.02 Å². The molecule has 1 aromatic rings. The second-order valence-corrected chi connectivity index (χ2v) is 6.75. The highest BCUT2D eigenvalue weighted by atomic mass is 35.5. The van der Waals surface area contributed by atoms with Crippen LogP contribution in [0, 0.1) is 12.8 Å². The van der Waals surface area contributed by atoms with Crippen LogP contribution in [0.5, 0.6) is 0 Å². The molecule has 1 rings (SSSR count). The zero-order chi connectivity index (χ0) is 14.6. The molecule has 1 aromatic carbocycles. The van der Waals surface area contributed by atoms with Crippen molar-refractivity contribution in [3.8, 4) is 0 Å². The summed E-state index contributed by atoms with van der Waals surface area (Å²) in [7, 11) is -3.69. The molecule has 5 nitrogen and oxygen atoms in total. The molecule has 7 heteroatoms. The van der Waals surface area contributed by atoms with E-state index in [9.17, 15) is 8.42 Å². The summed E-state index contributed by atoms with van der Waals surface area (Å²) in [5, 5.41) is 8.93. The molecule has 0 spiro atoms. The van der Waals surface area contributed by atoms with Gasteiger partial charge in [-0.15, -0.1) is 0 Å². The van der Waals surface area contributed by atoms with Crippen LogP contribution in [0.25, 0.3) is 0 Å². The lowest BCUT2D eigenvalue weighted by Crippen LogP contribution is -2.29. The van der Waals surface area contributed by atoms with E-state index in [1.807, 2.05) is 6.92 Å². The van der Waals surface area contributed by atoms with Gasteiger partial charge in [0.1, 0.15) is 4.90 Å². The maximum Gasteiger partial charge on any atom is 0.242 e. The highest BCUT2D eigenvalue weighted by Gasteiger charge is 2.19. The number of aliphatic hydroxyl groups excluding tert-OH is 1. The fourth-order valence-corrected chi connectivity index (χ4v) is 3.31. The minimum atomic E-state index is -3.69. The van der Waals surface area contributed by atoms with Gasteiger partial charge in [-0.3, -0.25) is 0 Å². The van der Waals surface area contributed by atoms with Gasteiger partial charge in [0, 0.05) is 18.8 Å². The number of nitrogens with one attached hydrogen (secondary N) is 1. The zero-order valence-electron chi connectivity index (χ0n) is 11.0. The van der Waals surface area contributed by atoms with Gasteiger partial charge in [-0.25, -0.2) is 13.1 Å². The summed E-state index contributed by atoms with van der Waals surface area (Å²) in [6, 6.07) is 2.89. The third kappa shape index (κ3) is 4.35. The van der Waals surface area contributed by atoms with Crippen LogP contribution in [0.4, 0.5) is 5.69 Å². The minimum Gasteiger partial charge on any atom is -0.398 e. The smallest absolute Gasteiger partial charge is 0.242 e. The maximum atomic E-state index is 12.1. The molecule has 0 bridgehead atoms. The van der Waals surface area contributed by atoms with Crippen molar-refractivity contribution in [1.29, 1.82) is 0 Å². The van der Waals surface area contributed by atoms with E-state index in [-0.39, 0.29) is 29.0 Å². The fourth-order valence-electron chi connectivity index (χ4n) is 1.53. The quantitative estimate of drug-likeness (QED) is 0.695. The molecule has 108 valence electrons. The summed E-state index contributed by atoms with van der Waals surface area (Å²) >= 11 is 5.95. The van der Waals surface area contributed by atoms with Gasteiger partial charge in [0.15, 0.2) is 0 Å². The third-order valence-electron chi connectivity index (χ3n) is 2.85. The van der Waals surface area contributed by atoms with E-state index in [0.29, 0.717) is 12.1 Å². The maximum absolute atomic E-state index is 12.1. The number of hydrogen-bond donors (Lipinski definition) is 3. The minimum absolute atomic E-state index is 0.0199. The Balaban J connectivity index is 2.92. The Labute approximate surface area is 118 Å². The lowest BCUT2D eigenvalue weighted by molar-refractivity contribution is 0.263. The molecule has 0 aliphatic carbocycles. The Morgan fingerprint density at radius 3 is 2.68 bits per heavy atom.